The molecular formula is C19H24N6O4S. The van der Waals surface area contributed by atoms with Gasteiger partial charge in [0.15, 0.2) is 0 Å². The standard InChI is InChI=1S/C19H24N6O4S/c26-25(27)16-6-7-17(18(13-16)30(28,29)24-11-1-2-12-24)22-15-5-3-10-23(14-15)19-20-8-4-9-21-19/h4,6-9,13,15,22H,1-3,5,10-12,14H2. The number of hydrogen-bond donors (Lipinski definition) is 1. The maximum Gasteiger partial charge on any atom is 0.270 e. The summed E-state index contributed by atoms with van der Waals surface area (Å²) in [6.45, 7) is 2.31. The topological polar surface area (TPSA) is 122 Å². The van der Waals surface area contributed by atoms with Gasteiger partial charge < -0.3 is 10.2 Å². The molecule has 0 bridgehead atoms. The van der Waals surface area contributed by atoms with Crippen LogP contribution < -0.4 is 10.2 Å². The van der Waals surface area contributed by atoms with Crippen molar-refractivity contribution in [1.29, 1.82) is 0 Å². The van der Waals surface area contributed by atoms with Crippen LogP contribution in [0.5, 0.6) is 0 Å². The molecule has 0 amide bonds. The fraction of sp³-hybridized carbons (Fsp3) is 0.474. The monoisotopic (exact) mass is 432 g/mol. The Labute approximate surface area is 175 Å². The molecule has 1 aromatic carbocycles. The van der Waals surface area contributed by atoms with Crippen LogP contribution in [0.2, 0.25) is 0 Å². The molecule has 2 aliphatic rings. The van der Waals surface area contributed by atoms with Gasteiger partial charge in [-0.25, -0.2) is 18.4 Å². The first kappa shape index (κ1) is 20.5. The molecule has 1 unspecified atom stereocenters. The minimum absolute atomic E-state index is 0.0310. The van der Waals surface area contributed by atoms with E-state index in [9.17, 15) is 18.5 Å². The van der Waals surface area contributed by atoms with Crippen molar-refractivity contribution in [3.63, 3.8) is 0 Å². The van der Waals surface area contributed by atoms with Crippen molar-refractivity contribution in [3.8, 4) is 0 Å². The van der Waals surface area contributed by atoms with Gasteiger partial charge in [-0.05, 0) is 37.8 Å². The lowest BCUT2D eigenvalue weighted by atomic mass is 10.1. The summed E-state index contributed by atoms with van der Waals surface area (Å²) in [7, 11) is -3.81. The highest BCUT2D eigenvalue weighted by molar-refractivity contribution is 7.89. The molecule has 3 heterocycles. The van der Waals surface area contributed by atoms with Crippen molar-refractivity contribution >= 4 is 27.3 Å². The van der Waals surface area contributed by atoms with Crippen LogP contribution in [0, 0.1) is 10.1 Å². The summed E-state index contributed by atoms with van der Waals surface area (Å²) in [6, 6.07) is 5.73. The Bertz CT molecular complexity index is 1010. The van der Waals surface area contributed by atoms with Crippen LogP contribution in [0.1, 0.15) is 25.7 Å². The number of non-ortho nitro benzene ring substituents is 1. The maximum atomic E-state index is 13.2. The zero-order chi connectivity index (χ0) is 21.1. The molecule has 30 heavy (non-hydrogen) atoms. The van der Waals surface area contributed by atoms with Crippen molar-refractivity contribution in [2.75, 3.05) is 36.4 Å². The second-order valence-electron chi connectivity index (χ2n) is 7.53. The smallest absolute Gasteiger partial charge is 0.270 e. The summed E-state index contributed by atoms with van der Waals surface area (Å²) in [5.74, 6) is 0.637. The molecule has 10 nitrogen and oxygen atoms in total. The minimum Gasteiger partial charge on any atom is -0.379 e. The first-order valence-electron chi connectivity index (χ1n) is 10.0. The lowest BCUT2D eigenvalue weighted by Gasteiger charge is -2.34. The molecule has 1 N–H and O–H groups in total. The highest BCUT2D eigenvalue weighted by Crippen LogP contribution is 2.32. The molecule has 0 spiro atoms. The highest BCUT2D eigenvalue weighted by atomic mass is 32.2. The van der Waals surface area contributed by atoms with Gasteiger partial charge in [0.1, 0.15) is 4.90 Å². The number of nitrogens with one attached hydrogen (secondary N) is 1. The molecule has 11 heteroatoms. The number of hydrogen-bond acceptors (Lipinski definition) is 8. The number of nitro groups is 1. The zero-order valence-electron chi connectivity index (χ0n) is 16.5. The number of aromatic nitrogens is 2. The Balaban J connectivity index is 1.61. The second kappa shape index (κ2) is 8.52. The number of anilines is 2. The van der Waals surface area contributed by atoms with Crippen LogP contribution in [0.3, 0.4) is 0 Å². The van der Waals surface area contributed by atoms with Gasteiger partial charge in [-0.2, -0.15) is 4.31 Å². The number of rotatable bonds is 6. The molecule has 0 radical (unpaired) electrons. The van der Waals surface area contributed by atoms with E-state index >= 15 is 0 Å². The van der Waals surface area contributed by atoms with Gasteiger partial charge in [0.25, 0.3) is 5.69 Å². The Morgan fingerprint density at radius 3 is 2.53 bits per heavy atom. The lowest BCUT2D eigenvalue weighted by Crippen LogP contribution is -2.43. The van der Waals surface area contributed by atoms with E-state index in [1.54, 1.807) is 18.5 Å². The summed E-state index contributed by atoms with van der Waals surface area (Å²) < 4.78 is 27.8. The zero-order valence-corrected chi connectivity index (χ0v) is 17.3. The van der Waals surface area contributed by atoms with E-state index in [0.29, 0.717) is 31.3 Å². The van der Waals surface area contributed by atoms with E-state index < -0.39 is 14.9 Å². The van der Waals surface area contributed by atoms with Gasteiger partial charge in [0.05, 0.1) is 10.6 Å². The van der Waals surface area contributed by atoms with Crippen LogP contribution in [-0.4, -0.2) is 59.8 Å². The Hall–Kier alpha value is -2.79. The van der Waals surface area contributed by atoms with Gasteiger partial charge in [0, 0.05) is 56.7 Å². The minimum atomic E-state index is -3.81. The number of nitrogens with zero attached hydrogens (tertiary/aromatic N) is 5. The number of nitro benzene ring substituents is 1. The normalized spacial score (nSPS) is 20.3. The average Bonchev–Trinajstić information content (AvgIpc) is 3.30. The van der Waals surface area contributed by atoms with E-state index in [4.69, 9.17) is 0 Å². The third kappa shape index (κ3) is 4.21. The lowest BCUT2D eigenvalue weighted by molar-refractivity contribution is -0.385. The third-order valence-electron chi connectivity index (χ3n) is 5.47. The quantitative estimate of drug-likeness (QED) is 0.545. The predicted octanol–water partition coefficient (Wildman–Crippen LogP) is 2.25. The first-order chi connectivity index (χ1) is 14.4. The van der Waals surface area contributed by atoms with Crippen LogP contribution in [0.15, 0.2) is 41.6 Å². The van der Waals surface area contributed by atoms with Crippen LogP contribution in [0.25, 0.3) is 0 Å². The molecule has 1 atom stereocenters. The van der Waals surface area contributed by atoms with Crippen molar-refractivity contribution in [2.24, 2.45) is 0 Å². The Morgan fingerprint density at radius 2 is 1.83 bits per heavy atom. The van der Waals surface area contributed by atoms with E-state index in [2.05, 4.69) is 20.2 Å². The van der Waals surface area contributed by atoms with Crippen molar-refractivity contribution in [1.82, 2.24) is 14.3 Å². The second-order valence-corrected chi connectivity index (χ2v) is 9.43. The molecule has 0 aliphatic carbocycles. The van der Waals surface area contributed by atoms with Crippen LogP contribution in [0.4, 0.5) is 17.3 Å². The van der Waals surface area contributed by atoms with Gasteiger partial charge in [-0.15, -0.1) is 0 Å². The van der Waals surface area contributed by atoms with Crippen LogP contribution >= 0.6 is 0 Å². The number of sulfonamides is 1. The SMILES string of the molecule is O=[N+]([O-])c1ccc(NC2CCCN(c3ncccn3)C2)c(S(=O)(=O)N2CCCC2)c1. The summed E-state index contributed by atoms with van der Waals surface area (Å²) in [4.78, 5) is 21.3. The molecule has 0 saturated carbocycles. The van der Waals surface area contributed by atoms with E-state index in [-0.39, 0.29) is 16.6 Å². The summed E-state index contributed by atoms with van der Waals surface area (Å²) >= 11 is 0. The van der Waals surface area contributed by atoms with Gasteiger partial charge in [-0.3, -0.25) is 10.1 Å². The van der Waals surface area contributed by atoms with E-state index in [1.165, 1.54) is 16.4 Å². The largest absolute Gasteiger partial charge is 0.379 e. The van der Waals surface area contributed by atoms with E-state index in [1.807, 2.05) is 0 Å². The van der Waals surface area contributed by atoms with Gasteiger partial charge in [0.2, 0.25) is 16.0 Å². The van der Waals surface area contributed by atoms with Crippen molar-refractivity contribution < 1.29 is 13.3 Å². The molecule has 160 valence electrons. The molecule has 2 aromatic rings. The third-order valence-corrected chi connectivity index (χ3v) is 7.41. The molecule has 2 aliphatic heterocycles. The molecule has 4 rings (SSSR count). The fourth-order valence-electron chi connectivity index (χ4n) is 3.98. The van der Waals surface area contributed by atoms with Crippen molar-refractivity contribution in [2.45, 2.75) is 36.6 Å². The van der Waals surface area contributed by atoms with E-state index in [0.717, 1.165) is 38.3 Å². The number of benzene rings is 1. The Morgan fingerprint density at radius 1 is 1.10 bits per heavy atom. The fourth-order valence-corrected chi connectivity index (χ4v) is 5.67. The number of piperidine rings is 1. The van der Waals surface area contributed by atoms with Gasteiger partial charge >= 0.3 is 0 Å². The summed E-state index contributed by atoms with van der Waals surface area (Å²) in [5, 5.41) is 14.6. The van der Waals surface area contributed by atoms with Crippen molar-refractivity contribution in [3.05, 3.63) is 46.8 Å². The maximum absolute atomic E-state index is 13.2. The molecule has 1 aromatic heterocycles. The highest BCUT2D eigenvalue weighted by Gasteiger charge is 2.32. The molecular weight excluding hydrogens is 408 g/mol. The summed E-state index contributed by atoms with van der Waals surface area (Å²) in [6.07, 6.45) is 6.73. The molecule has 2 saturated heterocycles. The predicted molar refractivity (Wildman–Crippen MR) is 112 cm³/mol. The average molecular weight is 433 g/mol. The first-order valence-corrected chi connectivity index (χ1v) is 11.5. The summed E-state index contributed by atoms with van der Waals surface area (Å²) in [5.41, 5.74) is 0.162. The van der Waals surface area contributed by atoms with Gasteiger partial charge in [-0.1, -0.05) is 0 Å². The Kier molecular flexibility index (Phi) is 5.82. The van der Waals surface area contributed by atoms with Crippen LogP contribution in [-0.2, 0) is 10.0 Å². The molecule has 2 fully saturated rings.